The molecule has 0 spiro atoms. The number of oxime groups is 1. The molecule has 0 saturated heterocycles. The van der Waals surface area contributed by atoms with Gasteiger partial charge < -0.3 is 4.84 Å². The molecule has 1 aliphatic rings. The summed E-state index contributed by atoms with van der Waals surface area (Å²) >= 11 is 0. The Morgan fingerprint density at radius 3 is 1.96 bits per heavy atom. The van der Waals surface area contributed by atoms with E-state index in [1.807, 2.05) is 51.1 Å². The van der Waals surface area contributed by atoms with Crippen LogP contribution in [0.2, 0.25) is 0 Å². The highest BCUT2D eigenvalue weighted by Crippen LogP contribution is 2.53. The van der Waals surface area contributed by atoms with Crippen LogP contribution < -0.4 is 0 Å². The fourth-order valence-corrected chi connectivity index (χ4v) is 4.03. The fraction of sp³-hybridized carbons (Fsp3) is 0.348. The molecule has 28 heavy (non-hydrogen) atoms. The predicted molar refractivity (Wildman–Crippen MR) is 115 cm³/mol. The lowest BCUT2D eigenvalue weighted by atomic mass is 9.60. The minimum atomic E-state index is -3.24. The second-order valence-corrected chi connectivity index (χ2v) is 10.7. The van der Waals surface area contributed by atoms with Gasteiger partial charge in [0.15, 0.2) is 9.84 Å². The molecule has 2 aromatic carbocycles. The van der Waals surface area contributed by atoms with E-state index in [4.69, 9.17) is 4.84 Å². The molecule has 4 nitrogen and oxygen atoms in total. The van der Waals surface area contributed by atoms with Crippen LogP contribution in [0.4, 0.5) is 0 Å². The SMILES string of the molecule is CC(C)(C)O/N=C1/C(c2ccc(S(C)(=O)=O)cc2)=C(c2ccccc2)C1(C)C. The molecule has 3 rings (SSSR count). The van der Waals surface area contributed by atoms with E-state index in [2.05, 4.69) is 31.1 Å². The maximum Gasteiger partial charge on any atom is 0.175 e. The summed E-state index contributed by atoms with van der Waals surface area (Å²) in [6, 6.07) is 17.2. The van der Waals surface area contributed by atoms with E-state index in [-0.39, 0.29) is 5.41 Å². The highest BCUT2D eigenvalue weighted by molar-refractivity contribution is 7.90. The maximum atomic E-state index is 11.8. The Balaban J connectivity index is 2.17. The molecule has 0 fully saturated rings. The van der Waals surface area contributed by atoms with Gasteiger partial charge in [0.05, 0.1) is 10.6 Å². The Morgan fingerprint density at radius 1 is 0.893 bits per heavy atom. The van der Waals surface area contributed by atoms with Gasteiger partial charge in [-0.3, -0.25) is 0 Å². The number of sulfone groups is 1. The van der Waals surface area contributed by atoms with Gasteiger partial charge >= 0.3 is 0 Å². The molecule has 0 saturated carbocycles. The highest BCUT2D eigenvalue weighted by atomic mass is 32.2. The van der Waals surface area contributed by atoms with E-state index in [1.165, 1.54) is 11.8 Å². The van der Waals surface area contributed by atoms with Crippen molar-refractivity contribution in [2.24, 2.45) is 10.6 Å². The van der Waals surface area contributed by atoms with Crippen LogP contribution in [0.15, 0.2) is 64.6 Å². The van der Waals surface area contributed by atoms with Crippen LogP contribution in [-0.4, -0.2) is 26.0 Å². The second kappa shape index (κ2) is 6.89. The fourth-order valence-electron chi connectivity index (χ4n) is 3.40. The second-order valence-electron chi connectivity index (χ2n) is 8.68. The van der Waals surface area contributed by atoms with E-state index in [1.54, 1.807) is 12.1 Å². The lowest BCUT2D eigenvalue weighted by molar-refractivity contribution is -0.0000220. The number of benzene rings is 2. The first kappa shape index (κ1) is 20.3. The van der Waals surface area contributed by atoms with Gasteiger partial charge in [0.2, 0.25) is 0 Å². The molecule has 5 heteroatoms. The van der Waals surface area contributed by atoms with Crippen molar-refractivity contribution in [1.82, 2.24) is 0 Å². The van der Waals surface area contributed by atoms with Gasteiger partial charge in [-0.25, -0.2) is 8.42 Å². The topological polar surface area (TPSA) is 55.7 Å². The van der Waals surface area contributed by atoms with Gasteiger partial charge in [-0.05, 0) is 63.5 Å². The number of rotatable bonds is 4. The average molecular weight is 398 g/mol. The van der Waals surface area contributed by atoms with Crippen molar-refractivity contribution in [3.63, 3.8) is 0 Å². The molecule has 0 aliphatic heterocycles. The zero-order valence-corrected chi connectivity index (χ0v) is 18.1. The van der Waals surface area contributed by atoms with Crippen LogP contribution in [0.3, 0.4) is 0 Å². The molecule has 148 valence electrons. The summed E-state index contributed by atoms with van der Waals surface area (Å²) in [6.45, 7) is 10.2. The minimum Gasteiger partial charge on any atom is -0.390 e. The molecule has 0 bridgehead atoms. The van der Waals surface area contributed by atoms with Crippen LogP contribution in [0.5, 0.6) is 0 Å². The first-order valence-corrected chi connectivity index (χ1v) is 11.2. The van der Waals surface area contributed by atoms with Crippen LogP contribution >= 0.6 is 0 Å². The summed E-state index contributed by atoms with van der Waals surface area (Å²) in [5, 5.41) is 4.50. The normalized spacial score (nSPS) is 18.1. The standard InChI is InChI=1S/C23H27NO3S/c1-22(2,3)27-24-21-19(16-12-14-18(15-13-16)28(6,25)26)20(23(21,4)5)17-10-8-7-9-11-17/h7-15H,1-6H3/b24-21-. The zero-order valence-electron chi connectivity index (χ0n) is 17.3. The third kappa shape index (κ3) is 3.90. The third-order valence-electron chi connectivity index (χ3n) is 4.75. The van der Waals surface area contributed by atoms with Crippen LogP contribution in [0, 0.1) is 5.41 Å². The Morgan fingerprint density at radius 2 is 1.46 bits per heavy atom. The molecule has 0 radical (unpaired) electrons. The maximum absolute atomic E-state index is 11.8. The van der Waals surface area contributed by atoms with Crippen molar-refractivity contribution in [1.29, 1.82) is 0 Å². The van der Waals surface area contributed by atoms with E-state index in [9.17, 15) is 8.42 Å². The van der Waals surface area contributed by atoms with Gasteiger partial charge in [-0.15, -0.1) is 0 Å². The van der Waals surface area contributed by atoms with E-state index in [0.717, 1.165) is 22.4 Å². The Kier molecular flexibility index (Phi) is 5.00. The van der Waals surface area contributed by atoms with Crippen molar-refractivity contribution in [2.75, 3.05) is 6.26 Å². The van der Waals surface area contributed by atoms with Gasteiger partial charge in [0.1, 0.15) is 5.60 Å². The summed E-state index contributed by atoms with van der Waals surface area (Å²) in [6.07, 6.45) is 1.22. The predicted octanol–water partition coefficient (Wildman–Crippen LogP) is 5.21. The summed E-state index contributed by atoms with van der Waals surface area (Å²) in [4.78, 5) is 6.05. The molecule has 0 N–H and O–H groups in total. The summed E-state index contributed by atoms with van der Waals surface area (Å²) < 4.78 is 23.6. The molecule has 2 aromatic rings. The van der Waals surface area contributed by atoms with Gasteiger partial charge in [-0.1, -0.05) is 47.6 Å². The number of nitrogens with zero attached hydrogens (tertiary/aromatic N) is 1. The molecular weight excluding hydrogens is 370 g/mol. The quantitative estimate of drug-likeness (QED) is 0.665. The number of allylic oxidation sites excluding steroid dienone is 2. The van der Waals surface area contributed by atoms with Gasteiger partial charge in [-0.2, -0.15) is 0 Å². The Bertz CT molecular complexity index is 1040. The van der Waals surface area contributed by atoms with Crippen molar-refractivity contribution in [2.45, 2.75) is 45.1 Å². The third-order valence-corrected chi connectivity index (χ3v) is 5.88. The summed E-state index contributed by atoms with van der Waals surface area (Å²) in [7, 11) is -3.24. The first-order valence-electron chi connectivity index (χ1n) is 9.29. The highest BCUT2D eigenvalue weighted by Gasteiger charge is 2.46. The Labute approximate surface area is 167 Å². The molecule has 0 heterocycles. The molecule has 0 unspecified atom stereocenters. The van der Waals surface area contributed by atoms with Crippen LogP contribution in [0.1, 0.15) is 45.7 Å². The van der Waals surface area contributed by atoms with Gasteiger partial charge in [0, 0.05) is 17.2 Å². The number of hydrogen-bond acceptors (Lipinski definition) is 4. The van der Waals surface area contributed by atoms with Crippen molar-refractivity contribution in [3.8, 4) is 0 Å². The molecule has 0 atom stereocenters. The van der Waals surface area contributed by atoms with E-state index in [0.29, 0.717) is 4.90 Å². The summed E-state index contributed by atoms with van der Waals surface area (Å²) in [5.74, 6) is 0. The molecule has 1 aliphatic carbocycles. The van der Waals surface area contributed by atoms with Crippen molar-refractivity contribution in [3.05, 3.63) is 65.7 Å². The zero-order chi connectivity index (χ0) is 20.7. The van der Waals surface area contributed by atoms with Crippen molar-refractivity contribution >= 4 is 26.7 Å². The van der Waals surface area contributed by atoms with Crippen molar-refractivity contribution < 1.29 is 13.3 Å². The minimum absolute atomic E-state index is 0.280. The lowest BCUT2D eigenvalue weighted by Crippen LogP contribution is -2.38. The molecular formula is C23H27NO3S. The molecule has 0 aromatic heterocycles. The van der Waals surface area contributed by atoms with E-state index >= 15 is 0 Å². The summed E-state index contributed by atoms with van der Waals surface area (Å²) in [5.41, 5.74) is 4.44. The monoisotopic (exact) mass is 397 g/mol. The Hall–Kier alpha value is -2.40. The van der Waals surface area contributed by atoms with Crippen LogP contribution in [-0.2, 0) is 14.7 Å². The van der Waals surface area contributed by atoms with E-state index < -0.39 is 15.4 Å². The molecule has 0 amide bonds. The lowest BCUT2D eigenvalue weighted by Gasteiger charge is -2.42. The number of hydrogen-bond donors (Lipinski definition) is 0. The largest absolute Gasteiger partial charge is 0.390 e. The average Bonchev–Trinajstić information content (AvgIpc) is 2.59. The first-order chi connectivity index (χ1) is 12.9. The smallest absolute Gasteiger partial charge is 0.175 e. The van der Waals surface area contributed by atoms with Gasteiger partial charge in [0.25, 0.3) is 0 Å². The van der Waals surface area contributed by atoms with Crippen LogP contribution in [0.25, 0.3) is 11.1 Å².